The SMILES string of the molecule is O=C(Oc1cc(=O)n(-c2ccccc2)c2c1CCCC2)c1ccc(Cl)cc1[N+](=O)[O-]. The summed E-state index contributed by atoms with van der Waals surface area (Å²) in [5.74, 6) is -0.751. The molecule has 0 spiro atoms. The lowest BCUT2D eigenvalue weighted by molar-refractivity contribution is -0.385. The number of nitro groups is 1. The van der Waals surface area contributed by atoms with Crippen molar-refractivity contribution in [1.82, 2.24) is 4.57 Å². The molecule has 0 unspecified atom stereocenters. The molecular weight excluding hydrogens is 408 g/mol. The number of carbonyl (C=O) groups excluding carboxylic acids is 1. The molecule has 0 saturated carbocycles. The second-order valence-corrected chi connectivity index (χ2v) is 7.39. The summed E-state index contributed by atoms with van der Waals surface area (Å²) in [5.41, 5.74) is 1.32. The summed E-state index contributed by atoms with van der Waals surface area (Å²) < 4.78 is 7.14. The van der Waals surface area contributed by atoms with Gasteiger partial charge in [0.25, 0.3) is 11.2 Å². The van der Waals surface area contributed by atoms with E-state index in [9.17, 15) is 19.7 Å². The van der Waals surface area contributed by atoms with Gasteiger partial charge < -0.3 is 4.74 Å². The van der Waals surface area contributed by atoms with Crippen LogP contribution >= 0.6 is 11.6 Å². The molecule has 0 bridgehead atoms. The van der Waals surface area contributed by atoms with E-state index in [1.54, 1.807) is 4.57 Å². The van der Waals surface area contributed by atoms with Gasteiger partial charge in [-0.3, -0.25) is 19.5 Å². The lowest BCUT2D eigenvalue weighted by Crippen LogP contribution is -2.26. The highest BCUT2D eigenvalue weighted by molar-refractivity contribution is 6.31. The molecule has 152 valence electrons. The van der Waals surface area contributed by atoms with Crippen molar-refractivity contribution in [3.05, 3.63) is 96.9 Å². The van der Waals surface area contributed by atoms with Crippen LogP contribution in [0.3, 0.4) is 0 Å². The molecule has 3 aromatic rings. The van der Waals surface area contributed by atoms with E-state index in [1.807, 2.05) is 30.3 Å². The molecule has 1 aliphatic carbocycles. The van der Waals surface area contributed by atoms with Gasteiger partial charge in [0.15, 0.2) is 0 Å². The van der Waals surface area contributed by atoms with Crippen LogP contribution < -0.4 is 10.3 Å². The van der Waals surface area contributed by atoms with E-state index >= 15 is 0 Å². The van der Waals surface area contributed by atoms with Gasteiger partial charge in [-0.05, 0) is 49.9 Å². The highest BCUT2D eigenvalue weighted by Gasteiger charge is 2.26. The summed E-state index contributed by atoms with van der Waals surface area (Å²) in [6.45, 7) is 0. The zero-order chi connectivity index (χ0) is 21.3. The van der Waals surface area contributed by atoms with Crippen LogP contribution in [0.2, 0.25) is 5.02 Å². The van der Waals surface area contributed by atoms with Crippen molar-refractivity contribution in [2.75, 3.05) is 0 Å². The molecule has 0 amide bonds. The number of hydrogen-bond donors (Lipinski definition) is 0. The third kappa shape index (κ3) is 3.71. The Kier molecular flexibility index (Phi) is 5.37. The van der Waals surface area contributed by atoms with Crippen LogP contribution in [0.25, 0.3) is 5.69 Å². The molecule has 8 heteroatoms. The van der Waals surface area contributed by atoms with Crippen LogP contribution in [0, 0.1) is 10.1 Å². The van der Waals surface area contributed by atoms with E-state index in [-0.39, 0.29) is 21.9 Å². The number of nitrogens with zero attached hydrogens (tertiary/aromatic N) is 2. The van der Waals surface area contributed by atoms with Crippen molar-refractivity contribution >= 4 is 23.3 Å². The third-order valence-corrected chi connectivity index (χ3v) is 5.31. The van der Waals surface area contributed by atoms with E-state index < -0.39 is 16.6 Å². The summed E-state index contributed by atoms with van der Waals surface area (Å²) in [5, 5.41) is 11.4. The number of benzene rings is 2. The largest absolute Gasteiger partial charge is 0.422 e. The molecule has 0 radical (unpaired) electrons. The molecule has 7 nitrogen and oxygen atoms in total. The molecule has 1 aliphatic rings. The monoisotopic (exact) mass is 424 g/mol. The summed E-state index contributed by atoms with van der Waals surface area (Å²) in [4.78, 5) is 36.2. The van der Waals surface area contributed by atoms with Crippen molar-refractivity contribution in [2.24, 2.45) is 0 Å². The predicted molar refractivity (Wildman–Crippen MR) is 112 cm³/mol. The van der Waals surface area contributed by atoms with Crippen LogP contribution in [0.15, 0.2) is 59.4 Å². The van der Waals surface area contributed by atoms with Crippen molar-refractivity contribution in [1.29, 1.82) is 0 Å². The molecule has 30 heavy (non-hydrogen) atoms. The first-order chi connectivity index (χ1) is 14.5. The molecule has 1 aromatic heterocycles. The number of pyridine rings is 1. The van der Waals surface area contributed by atoms with Crippen molar-refractivity contribution in [3.8, 4) is 11.4 Å². The Bertz CT molecular complexity index is 1200. The molecule has 0 fully saturated rings. The molecule has 0 aliphatic heterocycles. The maximum absolute atomic E-state index is 12.9. The number of nitro benzene ring substituents is 1. The first-order valence-corrected chi connectivity index (χ1v) is 9.83. The van der Waals surface area contributed by atoms with Gasteiger partial charge in [0.1, 0.15) is 11.3 Å². The van der Waals surface area contributed by atoms with Crippen LogP contribution in [0.5, 0.6) is 5.75 Å². The number of rotatable bonds is 4. The smallest absolute Gasteiger partial charge is 0.350 e. The molecule has 1 heterocycles. The quantitative estimate of drug-likeness (QED) is 0.349. The fourth-order valence-corrected chi connectivity index (χ4v) is 3.90. The zero-order valence-corrected chi connectivity index (χ0v) is 16.6. The Morgan fingerprint density at radius 3 is 2.53 bits per heavy atom. The molecule has 2 aromatic carbocycles. The van der Waals surface area contributed by atoms with Crippen molar-refractivity contribution in [2.45, 2.75) is 25.7 Å². The number of carbonyl (C=O) groups is 1. The highest BCUT2D eigenvalue weighted by atomic mass is 35.5. The second kappa shape index (κ2) is 8.12. The second-order valence-electron chi connectivity index (χ2n) is 6.96. The number of ether oxygens (including phenoxy) is 1. The van der Waals surface area contributed by atoms with Gasteiger partial charge in [0, 0.05) is 34.1 Å². The number of halogens is 1. The van der Waals surface area contributed by atoms with Gasteiger partial charge in [-0.2, -0.15) is 0 Å². The Labute approximate surface area is 176 Å². The minimum Gasteiger partial charge on any atom is -0.422 e. The number of fused-ring (bicyclic) bond motifs is 1. The number of esters is 1. The first kappa shape index (κ1) is 19.8. The van der Waals surface area contributed by atoms with E-state index in [0.717, 1.165) is 35.9 Å². The number of hydrogen-bond acceptors (Lipinski definition) is 5. The molecular formula is C22H17ClN2O5. The van der Waals surface area contributed by atoms with Gasteiger partial charge in [-0.25, -0.2) is 4.79 Å². The Morgan fingerprint density at radius 1 is 1.07 bits per heavy atom. The van der Waals surface area contributed by atoms with Crippen LogP contribution in [0.1, 0.15) is 34.5 Å². The highest BCUT2D eigenvalue weighted by Crippen LogP contribution is 2.31. The molecule has 0 atom stereocenters. The van der Waals surface area contributed by atoms with Crippen LogP contribution in [-0.2, 0) is 12.8 Å². The fraction of sp³-hybridized carbons (Fsp3) is 0.182. The third-order valence-electron chi connectivity index (χ3n) is 5.07. The lowest BCUT2D eigenvalue weighted by Gasteiger charge is -2.23. The maximum Gasteiger partial charge on any atom is 0.350 e. The standard InChI is InChI=1S/C22H17ClN2O5/c23-14-10-11-17(19(12-14)25(28)29)22(27)30-20-13-21(26)24(15-6-2-1-3-7-15)18-9-5-4-8-16(18)20/h1-3,6-7,10-13H,4-5,8-9H2. The summed E-state index contributed by atoms with van der Waals surface area (Å²) >= 11 is 5.82. The van der Waals surface area contributed by atoms with Gasteiger partial charge in [-0.15, -0.1) is 0 Å². The van der Waals surface area contributed by atoms with Crippen LogP contribution in [-0.4, -0.2) is 15.5 Å². The number of para-hydroxylation sites is 1. The Morgan fingerprint density at radius 2 is 1.80 bits per heavy atom. The summed E-state index contributed by atoms with van der Waals surface area (Å²) in [6.07, 6.45) is 3.13. The topological polar surface area (TPSA) is 91.4 Å². The number of aromatic nitrogens is 1. The Balaban J connectivity index is 1.78. The summed E-state index contributed by atoms with van der Waals surface area (Å²) in [7, 11) is 0. The van der Waals surface area contributed by atoms with Crippen molar-refractivity contribution in [3.63, 3.8) is 0 Å². The van der Waals surface area contributed by atoms with E-state index in [2.05, 4.69) is 0 Å². The van der Waals surface area contributed by atoms with E-state index in [0.29, 0.717) is 12.8 Å². The fourth-order valence-electron chi connectivity index (χ4n) is 3.73. The predicted octanol–water partition coefficient (Wildman–Crippen LogP) is 4.50. The molecule has 0 saturated heterocycles. The van der Waals surface area contributed by atoms with Gasteiger partial charge in [0.2, 0.25) is 0 Å². The van der Waals surface area contributed by atoms with Gasteiger partial charge >= 0.3 is 5.97 Å². The minimum atomic E-state index is -0.900. The van der Waals surface area contributed by atoms with Crippen LogP contribution in [0.4, 0.5) is 5.69 Å². The van der Waals surface area contributed by atoms with Gasteiger partial charge in [0.05, 0.1) is 4.92 Å². The van der Waals surface area contributed by atoms with Gasteiger partial charge in [-0.1, -0.05) is 29.8 Å². The maximum atomic E-state index is 12.9. The minimum absolute atomic E-state index is 0.140. The normalized spacial score (nSPS) is 12.8. The van der Waals surface area contributed by atoms with E-state index in [1.165, 1.54) is 18.2 Å². The summed E-state index contributed by atoms with van der Waals surface area (Å²) in [6, 6.07) is 14.3. The lowest BCUT2D eigenvalue weighted by atomic mass is 9.94. The average molecular weight is 425 g/mol. The molecule has 4 rings (SSSR count). The Hall–Kier alpha value is -3.45. The molecule has 0 N–H and O–H groups in total. The first-order valence-electron chi connectivity index (χ1n) is 9.45. The van der Waals surface area contributed by atoms with E-state index in [4.69, 9.17) is 16.3 Å². The zero-order valence-electron chi connectivity index (χ0n) is 15.8. The van der Waals surface area contributed by atoms with Crippen molar-refractivity contribution < 1.29 is 14.5 Å². The average Bonchev–Trinajstić information content (AvgIpc) is 2.74.